The minimum Gasteiger partial charge on any atom is -0.491 e. The van der Waals surface area contributed by atoms with E-state index < -0.39 is 10.0 Å². The molecule has 2 aromatic rings. The lowest BCUT2D eigenvalue weighted by Gasteiger charge is -2.10. The van der Waals surface area contributed by atoms with Gasteiger partial charge in [0.05, 0.1) is 16.7 Å². The fourth-order valence-corrected chi connectivity index (χ4v) is 2.93. The van der Waals surface area contributed by atoms with E-state index in [1.54, 1.807) is 25.1 Å². The molecule has 1 aromatic carbocycles. The number of ether oxygens (including phenoxy) is 1. The van der Waals surface area contributed by atoms with E-state index in [1.807, 2.05) is 13.8 Å². The Kier molecular flexibility index (Phi) is 5.20. The molecule has 0 saturated carbocycles. The van der Waals surface area contributed by atoms with Crippen LogP contribution < -0.4 is 9.46 Å². The Labute approximate surface area is 130 Å². The number of aromatic nitrogens is 1. The molecule has 1 heterocycles. The van der Waals surface area contributed by atoms with E-state index in [1.165, 1.54) is 12.1 Å². The second kappa shape index (κ2) is 6.93. The summed E-state index contributed by atoms with van der Waals surface area (Å²) in [6.45, 7) is 5.88. The molecular weight excluding hydrogens is 304 g/mol. The van der Waals surface area contributed by atoms with Gasteiger partial charge in [0.1, 0.15) is 11.5 Å². The van der Waals surface area contributed by atoms with Gasteiger partial charge in [0, 0.05) is 19.0 Å². The molecule has 0 amide bonds. The van der Waals surface area contributed by atoms with Crippen molar-refractivity contribution in [3.05, 3.63) is 41.8 Å². The average Bonchev–Trinajstić information content (AvgIpc) is 2.84. The minimum absolute atomic E-state index is 0.0477. The van der Waals surface area contributed by atoms with Gasteiger partial charge in [0.15, 0.2) is 0 Å². The van der Waals surface area contributed by atoms with Gasteiger partial charge in [-0.25, -0.2) is 13.1 Å². The van der Waals surface area contributed by atoms with Gasteiger partial charge in [-0.2, -0.15) is 0 Å². The lowest BCUT2D eigenvalue weighted by Crippen LogP contribution is -2.26. The van der Waals surface area contributed by atoms with Crippen molar-refractivity contribution in [1.82, 2.24) is 9.88 Å². The van der Waals surface area contributed by atoms with Gasteiger partial charge in [0.2, 0.25) is 10.0 Å². The van der Waals surface area contributed by atoms with Crippen LogP contribution in [0.3, 0.4) is 0 Å². The minimum atomic E-state index is -3.53. The summed E-state index contributed by atoms with van der Waals surface area (Å²) in [7, 11) is -3.53. The molecule has 0 radical (unpaired) electrons. The topological polar surface area (TPSA) is 81.4 Å². The van der Waals surface area contributed by atoms with Crippen molar-refractivity contribution < 1.29 is 17.7 Å². The van der Waals surface area contributed by atoms with Crippen LogP contribution in [0.4, 0.5) is 0 Å². The highest BCUT2D eigenvalue weighted by Crippen LogP contribution is 2.17. The standard InChI is InChI=1S/C15H20N2O4S/c1-11(2)20-14-4-6-15(7-5-14)22(18,19)16-9-8-13-10-12(3)21-17-13/h4-7,10-11,16H,8-9H2,1-3H3. The molecule has 0 aliphatic rings. The van der Waals surface area contributed by atoms with Gasteiger partial charge in [-0.1, -0.05) is 5.16 Å². The van der Waals surface area contributed by atoms with Crippen molar-refractivity contribution in [3.63, 3.8) is 0 Å². The van der Waals surface area contributed by atoms with Crippen molar-refractivity contribution in [2.24, 2.45) is 0 Å². The zero-order valence-electron chi connectivity index (χ0n) is 12.9. The number of aryl methyl sites for hydroxylation is 1. The van der Waals surface area contributed by atoms with E-state index in [-0.39, 0.29) is 17.5 Å². The van der Waals surface area contributed by atoms with Crippen molar-refractivity contribution in [2.45, 2.75) is 38.2 Å². The molecule has 1 aromatic heterocycles. The first-order chi connectivity index (χ1) is 10.4. The number of hydrogen-bond donors (Lipinski definition) is 1. The fourth-order valence-electron chi connectivity index (χ4n) is 1.90. The summed E-state index contributed by atoms with van der Waals surface area (Å²) >= 11 is 0. The van der Waals surface area contributed by atoms with Crippen LogP contribution >= 0.6 is 0 Å². The van der Waals surface area contributed by atoms with Crippen LogP contribution in [-0.2, 0) is 16.4 Å². The Hall–Kier alpha value is -1.86. The van der Waals surface area contributed by atoms with Crippen molar-refractivity contribution >= 4 is 10.0 Å². The molecule has 120 valence electrons. The molecule has 0 bridgehead atoms. The molecule has 7 heteroatoms. The number of benzene rings is 1. The van der Waals surface area contributed by atoms with Gasteiger partial charge < -0.3 is 9.26 Å². The average molecular weight is 324 g/mol. The molecule has 6 nitrogen and oxygen atoms in total. The lowest BCUT2D eigenvalue weighted by atomic mass is 10.3. The maximum atomic E-state index is 12.2. The van der Waals surface area contributed by atoms with E-state index >= 15 is 0 Å². The largest absolute Gasteiger partial charge is 0.491 e. The summed E-state index contributed by atoms with van der Waals surface area (Å²) in [4.78, 5) is 0.208. The first kappa shape index (κ1) is 16.5. The normalized spacial score (nSPS) is 11.8. The monoisotopic (exact) mass is 324 g/mol. The zero-order chi connectivity index (χ0) is 16.2. The highest BCUT2D eigenvalue weighted by atomic mass is 32.2. The highest BCUT2D eigenvalue weighted by molar-refractivity contribution is 7.89. The van der Waals surface area contributed by atoms with Crippen molar-refractivity contribution in [3.8, 4) is 5.75 Å². The van der Waals surface area contributed by atoms with Crippen LogP contribution in [0.15, 0.2) is 39.8 Å². The zero-order valence-corrected chi connectivity index (χ0v) is 13.7. The van der Waals surface area contributed by atoms with E-state index in [2.05, 4.69) is 9.88 Å². The number of sulfonamides is 1. The third-order valence-corrected chi connectivity index (χ3v) is 4.33. The smallest absolute Gasteiger partial charge is 0.240 e. The van der Waals surface area contributed by atoms with Gasteiger partial charge >= 0.3 is 0 Å². The quantitative estimate of drug-likeness (QED) is 0.845. The summed E-state index contributed by atoms with van der Waals surface area (Å²) in [5.41, 5.74) is 0.723. The summed E-state index contributed by atoms with van der Waals surface area (Å²) in [5.74, 6) is 1.35. The first-order valence-electron chi connectivity index (χ1n) is 7.05. The predicted molar refractivity (Wildman–Crippen MR) is 82.3 cm³/mol. The molecule has 0 fully saturated rings. The Morgan fingerprint density at radius 1 is 1.27 bits per heavy atom. The number of hydrogen-bond acceptors (Lipinski definition) is 5. The van der Waals surface area contributed by atoms with Crippen LogP contribution in [0, 0.1) is 6.92 Å². The molecule has 0 spiro atoms. The molecular formula is C15H20N2O4S. The molecule has 0 unspecified atom stereocenters. The summed E-state index contributed by atoms with van der Waals surface area (Å²) in [6.07, 6.45) is 0.525. The van der Waals surface area contributed by atoms with Crippen LogP contribution in [-0.4, -0.2) is 26.2 Å². The van der Waals surface area contributed by atoms with E-state index in [9.17, 15) is 8.42 Å². The van der Waals surface area contributed by atoms with Crippen LogP contribution in [0.25, 0.3) is 0 Å². The summed E-state index contributed by atoms with van der Waals surface area (Å²) in [5, 5.41) is 3.82. The lowest BCUT2D eigenvalue weighted by molar-refractivity contribution is 0.242. The van der Waals surface area contributed by atoms with Crippen LogP contribution in [0.5, 0.6) is 5.75 Å². The molecule has 0 aliphatic carbocycles. The molecule has 1 N–H and O–H groups in total. The third-order valence-electron chi connectivity index (χ3n) is 2.86. The Morgan fingerprint density at radius 3 is 2.50 bits per heavy atom. The predicted octanol–water partition coefficient (Wildman–Crippen LogP) is 2.29. The van der Waals surface area contributed by atoms with Crippen LogP contribution in [0.1, 0.15) is 25.3 Å². The van der Waals surface area contributed by atoms with E-state index in [4.69, 9.17) is 9.26 Å². The Balaban J connectivity index is 1.94. The van der Waals surface area contributed by atoms with E-state index in [0.29, 0.717) is 17.9 Å². The SMILES string of the molecule is Cc1cc(CCNS(=O)(=O)c2ccc(OC(C)C)cc2)no1. The second-order valence-corrected chi connectivity index (χ2v) is 6.98. The molecule has 0 aliphatic heterocycles. The summed E-state index contributed by atoms with van der Waals surface area (Å²) < 4.78 is 37.3. The maximum absolute atomic E-state index is 12.2. The van der Waals surface area contributed by atoms with Gasteiger partial charge in [-0.05, 0) is 45.0 Å². The second-order valence-electron chi connectivity index (χ2n) is 5.21. The highest BCUT2D eigenvalue weighted by Gasteiger charge is 2.14. The summed E-state index contributed by atoms with van der Waals surface area (Å²) in [6, 6.07) is 8.14. The fraction of sp³-hybridized carbons (Fsp3) is 0.400. The number of nitrogens with one attached hydrogen (secondary N) is 1. The molecule has 2 rings (SSSR count). The van der Waals surface area contributed by atoms with Crippen molar-refractivity contribution in [2.75, 3.05) is 6.54 Å². The molecule has 0 saturated heterocycles. The van der Waals surface area contributed by atoms with Crippen LogP contribution in [0.2, 0.25) is 0 Å². The molecule has 22 heavy (non-hydrogen) atoms. The molecule has 0 atom stereocenters. The maximum Gasteiger partial charge on any atom is 0.240 e. The number of rotatable bonds is 7. The van der Waals surface area contributed by atoms with Gasteiger partial charge in [-0.15, -0.1) is 0 Å². The van der Waals surface area contributed by atoms with Gasteiger partial charge in [-0.3, -0.25) is 0 Å². The van der Waals surface area contributed by atoms with E-state index in [0.717, 1.165) is 5.69 Å². The third kappa shape index (κ3) is 4.57. The Bertz CT molecular complexity index is 705. The first-order valence-corrected chi connectivity index (χ1v) is 8.54. The van der Waals surface area contributed by atoms with Gasteiger partial charge in [0.25, 0.3) is 0 Å². The number of nitrogens with zero attached hydrogens (tertiary/aromatic N) is 1. The Morgan fingerprint density at radius 2 is 1.95 bits per heavy atom. The van der Waals surface area contributed by atoms with Crippen molar-refractivity contribution in [1.29, 1.82) is 0 Å².